The molecule has 104 valence electrons. The maximum Gasteiger partial charge on any atom is 0.271 e. The first-order valence-corrected chi connectivity index (χ1v) is 6.74. The van der Waals surface area contributed by atoms with Crippen molar-refractivity contribution in [2.75, 3.05) is 25.5 Å². The molecule has 1 aromatic heterocycles. The minimum absolute atomic E-state index is 0.224. The molecule has 1 heterocycles. The van der Waals surface area contributed by atoms with Crippen LogP contribution in [0.4, 0.5) is 5.82 Å². The van der Waals surface area contributed by atoms with Crippen molar-refractivity contribution in [3.63, 3.8) is 0 Å². The third-order valence-corrected chi connectivity index (χ3v) is 3.79. The molecule has 0 bridgehead atoms. The number of carbonyl (C=O) groups is 1. The lowest BCUT2D eigenvalue weighted by molar-refractivity contribution is 0.0957. The molecule has 0 spiro atoms. The summed E-state index contributed by atoms with van der Waals surface area (Å²) in [6, 6.07) is 3.45. The molecule has 0 radical (unpaired) electrons. The largest absolute Gasteiger partial charge is 0.368 e. The molecular formula is C13H21N5O. The fourth-order valence-electron chi connectivity index (χ4n) is 2.60. The Morgan fingerprint density at radius 1 is 1.37 bits per heavy atom. The number of nitrogens with zero attached hydrogens (tertiary/aromatic N) is 2. The zero-order valence-electron chi connectivity index (χ0n) is 11.2. The number of hydrogen-bond donors (Lipinski definition) is 3. The van der Waals surface area contributed by atoms with Crippen LogP contribution < -0.4 is 16.4 Å². The molecule has 2 rings (SSSR count). The van der Waals surface area contributed by atoms with Gasteiger partial charge in [0, 0.05) is 13.6 Å². The van der Waals surface area contributed by atoms with E-state index in [2.05, 4.69) is 20.8 Å². The van der Waals surface area contributed by atoms with E-state index in [1.54, 1.807) is 19.2 Å². The Bertz CT molecular complexity index is 420. The van der Waals surface area contributed by atoms with Crippen LogP contribution in [0.25, 0.3) is 0 Å². The molecule has 0 aliphatic heterocycles. The van der Waals surface area contributed by atoms with Crippen molar-refractivity contribution in [1.82, 2.24) is 15.5 Å². The van der Waals surface area contributed by atoms with Gasteiger partial charge in [0.15, 0.2) is 5.69 Å². The second-order valence-electron chi connectivity index (χ2n) is 4.95. The summed E-state index contributed by atoms with van der Waals surface area (Å²) in [6.45, 7) is 1.63. The van der Waals surface area contributed by atoms with Gasteiger partial charge in [-0.3, -0.25) is 4.79 Å². The zero-order chi connectivity index (χ0) is 13.7. The Kier molecular flexibility index (Phi) is 4.68. The summed E-state index contributed by atoms with van der Waals surface area (Å²) in [5.74, 6) is 1.71. The monoisotopic (exact) mass is 263 g/mol. The van der Waals surface area contributed by atoms with E-state index in [0.717, 1.165) is 13.1 Å². The molecule has 1 saturated carbocycles. The quantitative estimate of drug-likeness (QED) is 0.724. The van der Waals surface area contributed by atoms with Crippen LogP contribution in [-0.2, 0) is 0 Å². The SMILES string of the molecule is CNC(=O)c1ccc(NCC2CCCC2CN)nn1. The smallest absolute Gasteiger partial charge is 0.271 e. The molecular weight excluding hydrogens is 242 g/mol. The first kappa shape index (κ1) is 13.7. The van der Waals surface area contributed by atoms with E-state index in [-0.39, 0.29) is 5.91 Å². The summed E-state index contributed by atoms with van der Waals surface area (Å²) in [6.07, 6.45) is 3.71. The minimum Gasteiger partial charge on any atom is -0.368 e. The summed E-state index contributed by atoms with van der Waals surface area (Å²) < 4.78 is 0. The van der Waals surface area contributed by atoms with E-state index in [4.69, 9.17) is 5.73 Å². The van der Waals surface area contributed by atoms with E-state index >= 15 is 0 Å². The van der Waals surface area contributed by atoms with Crippen molar-refractivity contribution in [3.05, 3.63) is 17.8 Å². The second-order valence-corrected chi connectivity index (χ2v) is 4.95. The molecule has 1 aliphatic carbocycles. The fourth-order valence-corrected chi connectivity index (χ4v) is 2.60. The lowest BCUT2D eigenvalue weighted by Gasteiger charge is -2.18. The van der Waals surface area contributed by atoms with Gasteiger partial charge in [0.05, 0.1) is 0 Å². The molecule has 6 heteroatoms. The van der Waals surface area contributed by atoms with Crippen molar-refractivity contribution in [2.24, 2.45) is 17.6 Å². The predicted octanol–water partition coefficient (Wildman–Crippen LogP) is 0.623. The highest BCUT2D eigenvalue weighted by Gasteiger charge is 2.25. The Morgan fingerprint density at radius 3 is 2.79 bits per heavy atom. The Morgan fingerprint density at radius 2 is 2.16 bits per heavy atom. The van der Waals surface area contributed by atoms with Crippen molar-refractivity contribution in [1.29, 1.82) is 0 Å². The molecule has 2 atom stereocenters. The molecule has 0 aromatic carbocycles. The van der Waals surface area contributed by atoms with Gasteiger partial charge in [-0.25, -0.2) is 0 Å². The van der Waals surface area contributed by atoms with E-state index in [9.17, 15) is 4.79 Å². The van der Waals surface area contributed by atoms with Gasteiger partial charge in [0.1, 0.15) is 5.82 Å². The standard InChI is InChI=1S/C13H21N5O/c1-15-13(19)11-5-6-12(18-17-11)16-8-10-4-2-3-9(10)7-14/h5-6,9-10H,2-4,7-8,14H2,1H3,(H,15,19)(H,16,18). The highest BCUT2D eigenvalue weighted by atomic mass is 16.1. The second kappa shape index (κ2) is 6.47. The van der Waals surface area contributed by atoms with Crippen molar-refractivity contribution < 1.29 is 4.79 Å². The number of anilines is 1. The van der Waals surface area contributed by atoms with Crippen LogP contribution >= 0.6 is 0 Å². The maximum absolute atomic E-state index is 11.3. The molecule has 4 N–H and O–H groups in total. The van der Waals surface area contributed by atoms with Gasteiger partial charge in [0.25, 0.3) is 5.91 Å². The van der Waals surface area contributed by atoms with Gasteiger partial charge in [-0.15, -0.1) is 10.2 Å². The number of hydrogen-bond acceptors (Lipinski definition) is 5. The van der Waals surface area contributed by atoms with E-state index in [1.807, 2.05) is 0 Å². The van der Waals surface area contributed by atoms with Gasteiger partial charge in [-0.2, -0.15) is 0 Å². The van der Waals surface area contributed by atoms with Crippen LogP contribution in [0.3, 0.4) is 0 Å². The number of amides is 1. The number of aromatic nitrogens is 2. The summed E-state index contributed by atoms with van der Waals surface area (Å²) >= 11 is 0. The number of nitrogens with one attached hydrogen (secondary N) is 2. The predicted molar refractivity (Wildman–Crippen MR) is 73.8 cm³/mol. The molecule has 6 nitrogen and oxygen atoms in total. The van der Waals surface area contributed by atoms with Crippen LogP contribution in [-0.4, -0.2) is 36.2 Å². The van der Waals surface area contributed by atoms with Crippen LogP contribution in [0.15, 0.2) is 12.1 Å². The average molecular weight is 263 g/mol. The Labute approximate surface area is 113 Å². The van der Waals surface area contributed by atoms with Gasteiger partial charge in [0.2, 0.25) is 0 Å². The molecule has 1 aliphatic rings. The molecule has 19 heavy (non-hydrogen) atoms. The maximum atomic E-state index is 11.3. The first-order valence-electron chi connectivity index (χ1n) is 6.74. The van der Waals surface area contributed by atoms with Crippen molar-refractivity contribution >= 4 is 11.7 Å². The highest BCUT2D eigenvalue weighted by molar-refractivity contribution is 5.91. The van der Waals surface area contributed by atoms with E-state index in [0.29, 0.717) is 23.3 Å². The zero-order valence-corrected chi connectivity index (χ0v) is 11.2. The fraction of sp³-hybridized carbons (Fsp3) is 0.615. The van der Waals surface area contributed by atoms with Gasteiger partial charge < -0.3 is 16.4 Å². The van der Waals surface area contributed by atoms with Crippen LogP contribution in [0.5, 0.6) is 0 Å². The molecule has 1 amide bonds. The van der Waals surface area contributed by atoms with E-state index in [1.165, 1.54) is 19.3 Å². The average Bonchev–Trinajstić information content (AvgIpc) is 2.92. The first-order chi connectivity index (χ1) is 9.24. The number of nitrogens with two attached hydrogens (primary N) is 1. The molecule has 0 saturated heterocycles. The molecule has 2 unspecified atom stereocenters. The van der Waals surface area contributed by atoms with Crippen LogP contribution in [0.1, 0.15) is 29.8 Å². The van der Waals surface area contributed by atoms with Gasteiger partial charge in [-0.05, 0) is 43.4 Å². The third kappa shape index (κ3) is 3.41. The number of carbonyl (C=O) groups excluding carboxylic acids is 1. The third-order valence-electron chi connectivity index (χ3n) is 3.79. The Hall–Kier alpha value is -1.69. The number of rotatable bonds is 5. The molecule has 1 aromatic rings. The summed E-state index contributed by atoms with van der Waals surface area (Å²) in [7, 11) is 1.57. The summed E-state index contributed by atoms with van der Waals surface area (Å²) in [5, 5.41) is 13.7. The van der Waals surface area contributed by atoms with Gasteiger partial charge >= 0.3 is 0 Å². The highest BCUT2D eigenvalue weighted by Crippen LogP contribution is 2.30. The summed E-state index contributed by atoms with van der Waals surface area (Å²) in [4.78, 5) is 11.3. The molecule has 1 fully saturated rings. The normalized spacial score (nSPS) is 22.2. The Balaban J connectivity index is 1.88. The topological polar surface area (TPSA) is 92.9 Å². The lowest BCUT2D eigenvalue weighted by Crippen LogP contribution is -2.25. The van der Waals surface area contributed by atoms with E-state index < -0.39 is 0 Å². The van der Waals surface area contributed by atoms with Crippen molar-refractivity contribution in [3.8, 4) is 0 Å². The minimum atomic E-state index is -0.224. The van der Waals surface area contributed by atoms with Gasteiger partial charge in [-0.1, -0.05) is 6.42 Å². The lowest BCUT2D eigenvalue weighted by atomic mass is 9.96. The van der Waals surface area contributed by atoms with Crippen molar-refractivity contribution in [2.45, 2.75) is 19.3 Å². The van der Waals surface area contributed by atoms with Crippen LogP contribution in [0, 0.1) is 11.8 Å². The van der Waals surface area contributed by atoms with Crippen LogP contribution in [0.2, 0.25) is 0 Å². The summed E-state index contributed by atoms with van der Waals surface area (Å²) in [5.41, 5.74) is 6.09.